The molecule has 26 heavy (non-hydrogen) atoms. The molecule has 2 aromatic carbocycles. The fourth-order valence-electron chi connectivity index (χ4n) is 2.79. The minimum atomic E-state index is -0.255. The third-order valence-corrected chi connectivity index (χ3v) is 4.09. The maximum Gasteiger partial charge on any atom is 0.250 e. The van der Waals surface area contributed by atoms with Crippen molar-refractivity contribution >= 4 is 22.6 Å². The number of rotatable bonds is 4. The SMILES string of the molecule is O=C(Cn1ccccc1=O)Nc1ccc(-c2cc3ccccc3o2)cc1. The molecule has 0 aliphatic heterocycles. The lowest BCUT2D eigenvalue weighted by Crippen LogP contribution is -2.26. The van der Waals surface area contributed by atoms with E-state index in [0.717, 1.165) is 22.3 Å². The number of benzene rings is 2. The minimum Gasteiger partial charge on any atom is -0.456 e. The van der Waals surface area contributed by atoms with Crippen LogP contribution in [0.4, 0.5) is 5.69 Å². The first-order valence-electron chi connectivity index (χ1n) is 8.23. The monoisotopic (exact) mass is 344 g/mol. The molecular weight excluding hydrogens is 328 g/mol. The van der Waals surface area contributed by atoms with Crippen LogP contribution in [0.25, 0.3) is 22.3 Å². The molecule has 1 amide bonds. The number of fused-ring (bicyclic) bond motifs is 1. The summed E-state index contributed by atoms with van der Waals surface area (Å²) in [4.78, 5) is 23.8. The number of carbonyl (C=O) groups is 1. The number of hydrogen-bond acceptors (Lipinski definition) is 3. The second kappa shape index (κ2) is 6.72. The Kier molecular flexibility index (Phi) is 4.11. The van der Waals surface area contributed by atoms with Crippen LogP contribution in [0.5, 0.6) is 0 Å². The number of carbonyl (C=O) groups excluding carboxylic acids is 1. The van der Waals surface area contributed by atoms with E-state index in [2.05, 4.69) is 5.32 Å². The maximum atomic E-state index is 12.1. The molecule has 4 aromatic rings. The van der Waals surface area contributed by atoms with Crippen molar-refractivity contribution < 1.29 is 9.21 Å². The second-order valence-corrected chi connectivity index (χ2v) is 5.94. The van der Waals surface area contributed by atoms with E-state index in [0.29, 0.717) is 5.69 Å². The molecule has 0 spiro atoms. The van der Waals surface area contributed by atoms with Gasteiger partial charge in [0.1, 0.15) is 17.9 Å². The summed E-state index contributed by atoms with van der Waals surface area (Å²) in [7, 11) is 0. The highest BCUT2D eigenvalue weighted by atomic mass is 16.3. The zero-order valence-electron chi connectivity index (χ0n) is 13.9. The van der Waals surface area contributed by atoms with Crippen LogP contribution in [0, 0.1) is 0 Å². The molecule has 2 heterocycles. The van der Waals surface area contributed by atoms with Gasteiger partial charge in [0.05, 0.1) is 0 Å². The zero-order valence-corrected chi connectivity index (χ0v) is 13.9. The number of pyridine rings is 1. The Balaban J connectivity index is 1.48. The third kappa shape index (κ3) is 3.28. The first-order valence-corrected chi connectivity index (χ1v) is 8.23. The molecule has 0 aliphatic carbocycles. The minimum absolute atomic E-state index is 0.0228. The van der Waals surface area contributed by atoms with E-state index in [9.17, 15) is 9.59 Å². The van der Waals surface area contributed by atoms with Crippen LogP contribution < -0.4 is 10.9 Å². The van der Waals surface area contributed by atoms with Gasteiger partial charge < -0.3 is 14.3 Å². The second-order valence-electron chi connectivity index (χ2n) is 5.94. The molecule has 0 saturated carbocycles. The normalized spacial score (nSPS) is 10.8. The number of anilines is 1. The van der Waals surface area contributed by atoms with E-state index >= 15 is 0 Å². The number of furan rings is 1. The lowest BCUT2D eigenvalue weighted by molar-refractivity contribution is -0.116. The van der Waals surface area contributed by atoms with Gasteiger partial charge >= 0.3 is 0 Å². The first kappa shape index (κ1) is 15.9. The zero-order chi connectivity index (χ0) is 17.9. The lowest BCUT2D eigenvalue weighted by atomic mass is 10.1. The highest BCUT2D eigenvalue weighted by Gasteiger charge is 2.08. The Morgan fingerprint density at radius 1 is 0.962 bits per heavy atom. The highest BCUT2D eigenvalue weighted by Crippen LogP contribution is 2.28. The molecule has 0 fully saturated rings. The molecule has 1 N–H and O–H groups in total. The molecule has 2 aromatic heterocycles. The van der Waals surface area contributed by atoms with Crippen molar-refractivity contribution in [2.24, 2.45) is 0 Å². The van der Waals surface area contributed by atoms with Gasteiger partial charge in [0.15, 0.2) is 0 Å². The van der Waals surface area contributed by atoms with Crippen LogP contribution in [0.2, 0.25) is 0 Å². The average molecular weight is 344 g/mol. The van der Waals surface area contributed by atoms with E-state index in [1.807, 2.05) is 54.6 Å². The summed E-state index contributed by atoms with van der Waals surface area (Å²) < 4.78 is 7.20. The van der Waals surface area contributed by atoms with Gasteiger partial charge in [-0.25, -0.2) is 0 Å². The molecule has 5 nitrogen and oxygen atoms in total. The van der Waals surface area contributed by atoms with E-state index in [-0.39, 0.29) is 18.0 Å². The third-order valence-electron chi connectivity index (χ3n) is 4.09. The molecule has 0 radical (unpaired) electrons. The van der Waals surface area contributed by atoms with E-state index in [1.54, 1.807) is 18.3 Å². The summed E-state index contributed by atoms with van der Waals surface area (Å²) >= 11 is 0. The predicted molar refractivity (Wildman–Crippen MR) is 101 cm³/mol. The van der Waals surface area contributed by atoms with Crippen LogP contribution in [-0.2, 0) is 11.3 Å². The molecule has 0 bridgehead atoms. The standard InChI is InChI=1S/C21H16N2O3/c24-20(14-23-12-4-3-7-21(23)25)22-17-10-8-15(9-11-17)19-13-16-5-1-2-6-18(16)26-19/h1-13H,14H2,(H,22,24). The van der Waals surface area contributed by atoms with Crippen molar-refractivity contribution in [3.63, 3.8) is 0 Å². The summed E-state index contributed by atoms with van der Waals surface area (Å²) in [6, 6.07) is 22.0. The van der Waals surface area contributed by atoms with E-state index in [1.165, 1.54) is 10.6 Å². The van der Waals surface area contributed by atoms with Crippen molar-refractivity contribution in [3.05, 3.63) is 89.3 Å². The Morgan fingerprint density at radius 3 is 2.50 bits per heavy atom. The smallest absolute Gasteiger partial charge is 0.250 e. The van der Waals surface area contributed by atoms with Crippen LogP contribution in [0.1, 0.15) is 0 Å². The molecule has 4 rings (SSSR count). The molecule has 0 unspecified atom stereocenters. The fraction of sp³-hybridized carbons (Fsp3) is 0.0476. The number of para-hydroxylation sites is 1. The van der Waals surface area contributed by atoms with Crippen molar-refractivity contribution in [2.75, 3.05) is 5.32 Å². The van der Waals surface area contributed by atoms with Crippen LogP contribution >= 0.6 is 0 Å². The van der Waals surface area contributed by atoms with Crippen LogP contribution in [0.3, 0.4) is 0 Å². The van der Waals surface area contributed by atoms with Crippen LogP contribution in [-0.4, -0.2) is 10.5 Å². The molecule has 0 aliphatic rings. The average Bonchev–Trinajstić information content (AvgIpc) is 3.08. The molecule has 0 saturated heterocycles. The number of aromatic nitrogens is 1. The Hall–Kier alpha value is -3.60. The Morgan fingerprint density at radius 2 is 1.73 bits per heavy atom. The van der Waals surface area contributed by atoms with Gasteiger partial charge in [-0.15, -0.1) is 0 Å². The summed E-state index contributed by atoms with van der Waals surface area (Å²) in [5.74, 6) is 0.523. The van der Waals surface area contributed by atoms with Gasteiger partial charge in [0.2, 0.25) is 5.91 Å². The number of nitrogens with zero attached hydrogens (tertiary/aromatic N) is 1. The summed E-state index contributed by atoms with van der Waals surface area (Å²) in [6.07, 6.45) is 1.59. The fourth-order valence-corrected chi connectivity index (χ4v) is 2.79. The van der Waals surface area contributed by atoms with Crippen LogP contribution in [0.15, 0.2) is 88.2 Å². The number of amides is 1. The van der Waals surface area contributed by atoms with Crippen molar-refractivity contribution in [1.29, 1.82) is 0 Å². The van der Waals surface area contributed by atoms with Gasteiger partial charge in [0.25, 0.3) is 5.56 Å². The van der Waals surface area contributed by atoms with Gasteiger partial charge in [-0.2, -0.15) is 0 Å². The maximum absolute atomic E-state index is 12.1. The Labute approximate surface area is 149 Å². The molecule has 128 valence electrons. The van der Waals surface area contributed by atoms with E-state index in [4.69, 9.17) is 4.42 Å². The van der Waals surface area contributed by atoms with Gasteiger partial charge in [0, 0.05) is 28.9 Å². The lowest BCUT2D eigenvalue weighted by Gasteiger charge is -2.07. The van der Waals surface area contributed by atoms with Crippen molar-refractivity contribution in [3.8, 4) is 11.3 Å². The first-order chi connectivity index (χ1) is 12.7. The highest BCUT2D eigenvalue weighted by molar-refractivity contribution is 5.91. The quantitative estimate of drug-likeness (QED) is 0.611. The van der Waals surface area contributed by atoms with Gasteiger partial charge in [-0.1, -0.05) is 24.3 Å². The van der Waals surface area contributed by atoms with Gasteiger partial charge in [-0.3, -0.25) is 9.59 Å². The van der Waals surface area contributed by atoms with Crippen molar-refractivity contribution in [2.45, 2.75) is 6.54 Å². The van der Waals surface area contributed by atoms with Gasteiger partial charge in [-0.05, 0) is 42.5 Å². The summed E-state index contributed by atoms with van der Waals surface area (Å²) in [5, 5.41) is 3.84. The topological polar surface area (TPSA) is 64.2 Å². The Bertz CT molecular complexity index is 1090. The largest absolute Gasteiger partial charge is 0.456 e. The predicted octanol–water partition coefficient (Wildman–Crippen LogP) is 3.90. The number of hydrogen-bond donors (Lipinski definition) is 1. The summed E-state index contributed by atoms with van der Waals surface area (Å²) in [5.41, 5.74) is 2.23. The molecular formula is C21H16N2O3. The molecule has 5 heteroatoms. The van der Waals surface area contributed by atoms with E-state index < -0.39 is 0 Å². The molecule has 0 atom stereocenters. The van der Waals surface area contributed by atoms with Crippen molar-refractivity contribution in [1.82, 2.24) is 4.57 Å². The number of nitrogens with one attached hydrogen (secondary N) is 1. The summed E-state index contributed by atoms with van der Waals surface area (Å²) in [6.45, 7) is -0.0228.